The van der Waals surface area contributed by atoms with Crippen molar-refractivity contribution in [1.82, 2.24) is 15.2 Å². The van der Waals surface area contributed by atoms with Gasteiger partial charge in [-0.25, -0.2) is 4.98 Å². The van der Waals surface area contributed by atoms with Gasteiger partial charge in [0.25, 0.3) is 11.8 Å². The van der Waals surface area contributed by atoms with E-state index in [0.717, 1.165) is 6.08 Å². The fourth-order valence-corrected chi connectivity index (χ4v) is 3.52. The van der Waals surface area contributed by atoms with Crippen LogP contribution >= 0.6 is 0 Å². The standard InChI is InChI=1S/C23H19F5N4O5/c1-13-7-5-6-10-22(24,25)18(35-12-14-8-3-2-4-9-14)21-31-30-20(37-21)17-16(32(33)34)11-15(23(26,27)28)19(29-17)36-13/h2-4,6,8-11,13,18H,5,7,12H2,1H3/t13-,18?/m1/s1. The number of rotatable bonds is 4. The van der Waals surface area contributed by atoms with E-state index in [1.165, 1.54) is 6.92 Å². The number of aromatic nitrogens is 3. The Kier molecular flexibility index (Phi) is 7.21. The average molecular weight is 526 g/mol. The third-order valence-corrected chi connectivity index (χ3v) is 5.34. The number of nitro groups is 1. The molecule has 0 amide bonds. The van der Waals surface area contributed by atoms with Gasteiger partial charge in [-0.2, -0.15) is 22.0 Å². The second-order valence-electron chi connectivity index (χ2n) is 8.17. The Bertz CT molecular complexity index is 1300. The van der Waals surface area contributed by atoms with Crippen molar-refractivity contribution in [2.45, 2.75) is 50.7 Å². The second-order valence-corrected chi connectivity index (χ2v) is 8.17. The molecule has 4 rings (SSSR count). The lowest BCUT2D eigenvalue weighted by atomic mass is 10.1. The highest BCUT2D eigenvalue weighted by atomic mass is 19.4. The maximum Gasteiger partial charge on any atom is 0.421 e. The number of pyridine rings is 1. The zero-order chi connectivity index (χ0) is 26.8. The average Bonchev–Trinajstić information content (AvgIpc) is 3.30. The topological polar surface area (TPSA) is 113 Å². The predicted molar refractivity (Wildman–Crippen MR) is 117 cm³/mol. The number of nitrogens with zero attached hydrogens (tertiary/aromatic N) is 4. The lowest BCUT2D eigenvalue weighted by Crippen LogP contribution is -2.27. The number of allylic oxidation sites excluding steroid dienone is 1. The van der Waals surface area contributed by atoms with Gasteiger partial charge in [0.2, 0.25) is 17.7 Å². The molecule has 196 valence electrons. The van der Waals surface area contributed by atoms with Gasteiger partial charge in [-0.05, 0) is 31.4 Å². The van der Waals surface area contributed by atoms with Crippen molar-refractivity contribution >= 4 is 5.69 Å². The van der Waals surface area contributed by atoms with Crippen molar-refractivity contribution < 1.29 is 40.8 Å². The van der Waals surface area contributed by atoms with Crippen LogP contribution in [0.15, 0.2) is 53.0 Å². The summed E-state index contributed by atoms with van der Waals surface area (Å²) in [4.78, 5) is 14.1. The molecule has 14 heteroatoms. The third kappa shape index (κ3) is 5.90. The summed E-state index contributed by atoms with van der Waals surface area (Å²) in [6.07, 6.45) is -6.27. The minimum atomic E-state index is -5.03. The molecule has 0 N–H and O–H groups in total. The number of ether oxygens (including phenoxy) is 2. The maximum absolute atomic E-state index is 15.2. The molecule has 2 atom stereocenters. The molecule has 3 heterocycles. The fourth-order valence-electron chi connectivity index (χ4n) is 3.52. The molecule has 3 aromatic rings. The van der Waals surface area contributed by atoms with E-state index in [9.17, 15) is 23.3 Å². The Morgan fingerprint density at radius 3 is 2.62 bits per heavy atom. The zero-order valence-corrected chi connectivity index (χ0v) is 19.1. The van der Waals surface area contributed by atoms with Crippen molar-refractivity contribution in [3.63, 3.8) is 0 Å². The maximum atomic E-state index is 15.2. The Balaban J connectivity index is 1.84. The van der Waals surface area contributed by atoms with Crippen LogP contribution in [0.3, 0.4) is 0 Å². The fraction of sp³-hybridized carbons (Fsp3) is 0.348. The van der Waals surface area contributed by atoms with Crippen molar-refractivity contribution in [1.29, 1.82) is 0 Å². The molecule has 0 fully saturated rings. The smallest absolute Gasteiger partial charge is 0.421 e. The SMILES string of the molecule is C[C@@H]1CCC=CC(F)(F)C(OCc2ccccc2)c2nnc(o2)-c2nc(c(C(F)(F)F)cc2[N+](=O)[O-])O1. The first-order valence-electron chi connectivity index (χ1n) is 10.9. The molecular formula is C23H19F5N4O5. The van der Waals surface area contributed by atoms with E-state index in [0.29, 0.717) is 11.6 Å². The summed E-state index contributed by atoms with van der Waals surface area (Å²) >= 11 is 0. The molecule has 4 bridgehead atoms. The van der Waals surface area contributed by atoms with Crippen molar-refractivity contribution in [2.75, 3.05) is 0 Å². The first-order chi connectivity index (χ1) is 17.5. The van der Waals surface area contributed by atoms with E-state index < -0.39 is 63.8 Å². The Labute approximate surface area is 206 Å². The van der Waals surface area contributed by atoms with Crippen LogP contribution in [0.5, 0.6) is 5.88 Å². The van der Waals surface area contributed by atoms with Crippen LogP contribution in [0.1, 0.15) is 42.9 Å². The Morgan fingerprint density at radius 1 is 1.22 bits per heavy atom. The zero-order valence-electron chi connectivity index (χ0n) is 19.1. The molecule has 9 nitrogen and oxygen atoms in total. The van der Waals surface area contributed by atoms with Crippen molar-refractivity contribution in [3.05, 3.63) is 75.7 Å². The summed E-state index contributed by atoms with van der Waals surface area (Å²) < 4.78 is 87.4. The lowest BCUT2D eigenvalue weighted by molar-refractivity contribution is -0.384. The van der Waals surface area contributed by atoms with Gasteiger partial charge in [0.15, 0.2) is 0 Å². The van der Waals surface area contributed by atoms with Crippen LogP contribution < -0.4 is 4.74 Å². The van der Waals surface area contributed by atoms with Gasteiger partial charge < -0.3 is 13.9 Å². The van der Waals surface area contributed by atoms with E-state index in [2.05, 4.69) is 15.2 Å². The van der Waals surface area contributed by atoms with Crippen molar-refractivity contribution in [2.24, 2.45) is 0 Å². The van der Waals surface area contributed by atoms with E-state index >= 15 is 8.78 Å². The predicted octanol–water partition coefficient (Wildman–Crippen LogP) is 6.07. The number of hydrogen-bond acceptors (Lipinski definition) is 8. The largest absolute Gasteiger partial charge is 0.474 e. The molecule has 1 unspecified atom stereocenters. The first kappa shape index (κ1) is 26.1. The molecule has 0 spiro atoms. The summed E-state index contributed by atoms with van der Waals surface area (Å²) in [6, 6.07) is 8.63. The highest BCUT2D eigenvalue weighted by molar-refractivity contribution is 5.64. The van der Waals surface area contributed by atoms with Crippen LogP contribution in [-0.4, -0.2) is 32.1 Å². The molecule has 0 saturated heterocycles. The van der Waals surface area contributed by atoms with Crippen LogP contribution in [0, 0.1) is 10.1 Å². The van der Waals surface area contributed by atoms with Crippen LogP contribution in [0.4, 0.5) is 27.6 Å². The quantitative estimate of drug-likeness (QED) is 0.174. The first-order valence-corrected chi connectivity index (χ1v) is 10.9. The lowest BCUT2D eigenvalue weighted by Gasteiger charge is -2.22. The number of halogens is 5. The second kappa shape index (κ2) is 10.2. The number of alkyl halides is 5. The van der Waals surface area contributed by atoms with E-state index in [-0.39, 0.29) is 25.5 Å². The molecule has 37 heavy (non-hydrogen) atoms. The van der Waals surface area contributed by atoms with Crippen LogP contribution in [0.2, 0.25) is 0 Å². The minimum absolute atomic E-state index is 0.0123. The van der Waals surface area contributed by atoms with E-state index in [1.807, 2.05) is 0 Å². The molecule has 0 saturated carbocycles. The van der Waals surface area contributed by atoms with E-state index in [1.54, 1.807) is 30.3 Å². The molecule has 1 aliphatic rings. The minimum Gasteiger partial charge on any atom is -0.474 e. The van der Waals surface area contributed by atoms with Gasteiger partial charge in [0, 0.05) is 6.07 Å². The molecule has 1 aromatic carbocycles. The Hall–Kier alpha value is -3.94. The van der Waals surface area contributed by atoms with Gasteiger partial charge in [-0.15, -0.1) is 10.2 Å². The third-order valence-electron chi connectivity index (χ3n) is 5.34. The van der Waals surface area contributed by atoms with Gasteiger partial charge in [-0.3, -0.25) is 10.1 Å². The normalized spacial score (nSPS) is 19.6. The van der Waals surface area contributed by atoms with Gasteiger partial charge in [0.05, 0.1) is 17.6 Å². The molecule has 0 radical (unpaired) electrons. The molecular weight excluding hydrogens is 507 g/mol. The number of hydrogen-bond donors (Lipinski definition) is 0. The van der Waals surface area contributed by atoms with Crippen molar-refractivity contribution in [3.8, 4) is 17.5 Å². The van der Waals surface area contributed by atoms with Gasteiger partial charge >= 0.3 is 17.8 Å². The number of fused-ring (bicyclic) bond motifs is 5. The molecule has 0 aliphatic carbocycles. The summed E-state index contributed by atoms with van der Waals surface area (Å²) in [5.74, 6) is -6.09. The highest BCUT2D eigenvalue weighted by Gasteiger charge is 2.44. The highest BCUT2D eigenvalue weighted by Crippen LogP contribution is 2.42. The monoisotopic (exact) mass is 526 g/mol. The van der Waals surface area contributed by atoms with Gasteiger partial charge in [-0.1, -0.05) is 36.4 Å². The van der Waals surface area contributed by atoms with Crippen LogP contribution in [-0.2, 0) is 17.5 Å². The Morgan fingerprint density at radius 2 is 1.95 bits per heavy atom. The summed E-state index contributed by atoms with van der Waals surface area (Å²) in [7, 11) is 0. The summed E-state index contributed by atoms with van der Waals surface area (Å²) in [6.45, 7) is 1.15. The molecule has 2 aromatic heterocycles. The van der Waals surface area contributed by atoms with Crippen LogP contribution in [0.25, 0.3) is 11.6 Å². The van der Waals surface area contributed by atoms with E-state index in [4.69, 9.17) is 13.9 Å². The van der Waals surface area contributed by atoms with Gasteiger partial charge in [0.1, 0.15) is 5.56 Å². The summed E-state index contributed by atoms with van der Waals surface area (Å²) in [5, 5.41) is 18.7. The molecule has 1 aliphatic heterocycles. The summed E-state index contributed by atoms with van der Waals surface area (Å²) in [5.41, 5.74) is -2.80. The number of benzene rings is 1.